The summed E-state index contributed by atoms with van der Waals surface area (Å²) in [5.74, 6) is 0.480. The molecule has 6 nitrogen and oxygen atoms in total. The van der Waals surface area contributed by atoms with Crippen LogP contribution >= 0.6 is 11.6 Å². The Balaban J connectivity index is 1.66. The van der Waals surface area contributed by atoms with Gasteiger partial charge in [-0.1, -0.05) is 29.8 Å². The van der Waals surface area contributed by atoms with Crippen LogP contribution in [0.5, 0.6) is 11.5 Å². The molecule has 0 saturated heterocycles. The van der Waals surface area contributed by atoms with E-state index in [0.717, 1.165) is 11.1 Å². The third kappa shape index (κ3) is 7.12. The molecule has 0 unspecified atom stereocenters. The van der Waals surface area contributed by atoms with Crippen LogP contribution in [0, 0.1) is 0 Å². The molecule has 2 aromatic carbocycles. The van der Waals surface area contributed by atoms with Crippen LogP contribution in [0.3, 0.4) is 0 Å². The van der Waals surface area contributed by atoms with Crippen molar-refractivity contribution in [2.45, 2.75) is 19.3 Å². The molecule has 0 fully saturated rings. The maximum Gasteiger partial charge on any atom is 0.306 e. The molecule has 0 aliphatic heterocycles. The van der Waals surface area contributed by atoms with Gasteiger partial charge in [0.25, 0.3) is 5.91 Å². The molecule has 1 amide bonds. The van der Waals surface area contributed by atoms with Crippen LogP contribution in [0.4, 0.5) is 0 Å². The molecule has 7 heteroatoms. The summed E-state index contributed by atoms with van der Waals surface area (Å²) < 4.78 is 15.4. The van der Waals surface area contributed by atoms with Crippen LogP contribution in [0.1, 0.15) is 17.5 Å². The summed E-state index contributed by atoms with van der Waals surface area (Å²) >= 11 is 5.83. The van der Waals surface area contributed by atoms with Gasteiger partial charge in [0.05, 0.1) is 14.2 Å². The van der Waals surface area contributed by atoms with Crippen molar-refractivity contribution in [1.29, 1.82) is 0 Å². The summed E-state index contributed by atoms with van der Waals surface area (Å²) in [4.78, 5) is 23.6. The lowest BCUT2D eigenvalue weighted by molar-refractivity contribution is -0.148. The first kappa shape index (κ1) is 21.6. The zero-order valence-electron chi connectivity index (χ0n) is 16.0. The van der Waals surface area contributed by atoms with Crippen molar-refractivity contribution in [3.05, 3.63) is 58.6 Å². The number of benzene rings is 2. The van der Waals surface area contributed by atoms with Crippen LogP contribution in [0.2, 0.25) is 5.02 Å². The number of hydrogen-bond donors (Lipinski definition) is 1. The van der Waals surface area contributed by atoms with Crippen molar-refractivity contribution < 1.29 is 23.8 Å². The minimum atomic E-state index is -0.428. The molecule has 150 valence electrons. The summed E-state index contributed by atoms with van der Waals surface area (Å²) in [6.45, 7) is 0.176. The number of aryl methyl sites for hydroxylation is 1. The molecule has 0 radical (unpaired) electrons. The van der Waals surface area contributed by atoms with Crippen LogP contribution in [0.25, 0.3) is 0 Å². The van der Waals surface area contributed by atoms with Crippen LogP contribution in [-0.2, 0) is 27.2 Å². The fraction of sp³-hybridized carbons (Fsp3) is 0.333. The van der Waals surface area contributed by atoms with E-state index >= 15 is 0 Å². The Morgan fingerprint density at radius 1 is 0.929 bits per heavy atom. The van der Waals surface area contributed by atoms with E-state index in [0.29, 0.717) is 35.9 Å². The molecule has 2 rings (SSSR count). The van der Waals surface area contributed by atoms with Gasteiger partial charge in [-0.15, -0.1) is 0 Å². The van der Waals surface area contributed by atoms with Gasteiger partial charge in [0, 0.05) is 18.0 Å². The number of halogens is 1. The van der Waals surface area contributed by atoms with E-state index in [4.69, 9.17) is 25.8 Å². The lowest BCUT2D eigenvalue weighted by Gasteiger charge is -2.10. The Bertz CT molecular complexity index is 792. The molecule has 0 aromatic heterocycles. The average Bonchev–Trinajstić information content (AvgIpc) is 2.71. The Labute approximate surface area is 169 Å². The summed E-state index contributed by atoms with van der Waals surface area (Å²) in [7, 11) is 3.12. The molecule has 0 saturated carbocycles. The Kier molecular flexibility index (Phi) is 8.62. The number of carbonyl (C=O) groups is 2. The lowest BCUT2D eigenvalue weighted by atomic mass is 10.1. The second-order valence-electron chi connectivity index (χ2n) is 6.08. The summed E-state index contributed by atoms with van der Waals surface area (Å²) in [5, 5.41) is 3.40. The maximum absolute atomic E-state index is 11.9. The molecule has 0 atom stereocenters. The second kappa shape index (κ2) is 11.2. The third-order valence-electron chi connectivity index (χ3n) is 4.08. The van der Waals surface area contributed by atoms with Gasteiger partial charge in [-0.2, -0.15) is 0 Å². The van der Waals surface area contributed by atoms with Gasteiger partial charge in [0.2, 0.25) is 0 Å². The zero-order valence-corrected chi connectivity index (χ0v) is 16.8. The SMILES string of the molecule is COc1ccc(CCC(=O)OCC(=O)NCCc2ccc(Cl)cc2)cc1OC. The molecular weight excluding hydrogens is 382 g/mol. The normalized spacial score (nSPS) is 10.2. The molecular formula is C21H24ClNO5. The number of nitrogens with one attached hydrogen (secondary N) is 1. The topological polar surface area (TPSA) is 73.9 Å². The van der Waals surface area contributed by atoms with Crippen molar-refractivity contribution in [3.63, 3.8) is 0 Å². The molecule has 0 heterocycles. The van der Waals surface area contributed by atoms with Crippen LogP contribution in [-0.4, -0.2) is 39.2 Å². The Morgan fingerprint density at radius 2 is 1.61 bits per heavy atom. The van der Waals surface area contributed by atoms with Gasteiger partial charge in [-0.25, -0.2) is 0 Å². The van der Waals surface area contributed by atoms with Crippen molar-refractivity contribution in [2.75, 3.05) is 27.4 Å². The van der Waals surface area contributed by atoms with E-state index in [2.05, 4.69) is 5.32 Å². The maximum atomic E-state index is 11.9. The quantitative estimate of drug-likeness (QED) is 0.614. The first-order chi connectivity index (χ1) is 13.5. The minimum absolute atomic E-state index is 0.174. The Morgan fingerprint density at radius 3 is 2.29 bits per heavy atom. The highest BCUT2D eigenvalue weighted by atomic mass is 35.5. The standard InChI is InChI=1S/C21H24ClNO5/c1-26-18-9-5-16(13-19(18)27-2)6-10-21(25)28-14-20(24)23-12-11-15-3-7-17(22)8-4-15/h3-5,7-9,13H,6,10-12,14H2,1-2H3,(H,23,24). The van der Waals surface area contributed by atoms with Gasteiger partial charge >= 0.3 is 5.97 Å². The zero-order chi connectivity index (χ0) is 20.4. The molecule has 2 aromatic rings. The fourth-order valence-electron chi connectivity index (χ4n) is 2.55. The van der Waals surface area contributed by atoms with Crippen molar-refractivity contribution >= 4 is 23.5 Å². The molecule has 1 N–H and O–H groups in total. The highest BCUT2D eigenvalue weighted by Gasteiger charge is 2.10. The van der Waals surface area contributed by atoms with Gasteiger partial charge < -0.3 is 19.5 Å². The number of amides is 1. The van der Waals surface area contributed by atoms with Gasteiger partial charge in [-0.05, 0) is 48.2 Å². The van der Waals surface area contributed by atoms with Crippen LogP contribution < -0.4 is 14.8 Å². The molecule has 0 bridgehead atoms. The molecule has 28 heavy (non-hydrogen) atoms. The van der Waals surface area contributed by atoms with E-state index in [1.54, 1.807) is 32.4 Å². The second-order valence-corrected chi connectivity index (χ2v) is 6.51. The Hall–Kier alpha value is -2.73. The predicted molar refractivity (Wildman–Crippen MR) is 107 cm³/mol. The van der Waals surface area contributed by atoms with Crippen LogP contribution in [0.15, 0.2) is 42.5 Å². The summed E-state index contributed by atoms with van der Waals surface area (Å²) in [6, 6.07) is 12.9. The lowest BCUT2D eigenvalue weighted by Crippen LogP contribution is -2.30. The number of esters is 1. The largest absolute Gasteiger partial charge is 0.493 e. The number of ether oxygens (including phenoxy) is 3. The number of carbonyl (C=O) groups excluding carboxylic acids is 2. The fourth-order valence-corrected chi connectivity index (χ4v) is 2.68. The smallest absolute Gasteiger partial charge is 0.306 e. The molecule has 0 aliphatic rings. The van der Waals surface area contributed by atoms with Gasteiger partial charge in [0.1, 0.15) is 0 Å². The average molecular weight is 406 g/mol. The van der Waals surface area contributed by atoms with Crippen molar-refractivity contribution in [3.8, 4) is 11.5 Å². The number of rotatable bonds is 10. The predicted octanol–water partition coefficient (Wildman–Crippen LogP) is 3.19. The van der Waals surface area contributed by atoms with Crippen molar-refractivity contribution in [1.82, 2.24) is 5.32 Å². The van der Waals surface area contributed by atoms with Gasteiger partial charge in [-0.3, -0.25) is 9.59 Å². The third-order valence-corrected chi connectivity index (χ3v) is 4.33. The summed E-state index contributed by atoms with van der Waals surface area (Å²) in [6.07, 6.45) is 1.33. The highest BCUT2D eigenvalue weighted by Crippen LogP contribution is 2.27. The number of methoxy groups -OCH3 is 2. The minimum Gasteiger partial charge on any atom is -0.493 e. The monoisotopic (exact) mass is 405 g/mol. The van der Waals surface area contributed by atoms with E-state index < -0.39 is 5.97 Å². The van der Waals surface area contributed by atoms with E-state index in [1.165, 1.54) is 0 Å². The highest BCUT2D eigenvalue weighted by molar-refractivity contribution is 6.30. The van der Waals surface area contributed by atoms with E-state index in [9.17, 15) is 9.59 Å². The first-order valence-electron chi connectivity index (χ1n) is 8.89. The molecule has 0 spiro atoms. The van der Waals surface area contributed by atoms with Gasteiger partial charge in [0.15, 0.2) is 18.1 Å². The number of hydrogen-bond acceptors (Lipinski definition) is 5. The summed E-state index contributed by atoms with van der Waals surface area (Å²) in [5.41, 5.74) is 1.98. The van der Waals surface area contributed by atoms with E-state index in [1.807, 2.05) is 24.3 Å². The van der Waals surface area contributed by atoms with Crippen molar-refractivity contribution in [2.24, 2.45) is 0 Å². The van der Waals surface area contributed by atoms with E-state index in [-0.39, 0.29) is 18.9 Å². The molecule has 0 aliphatic carbocycles. The first-order valence-corrected chi connectivity index (χ1v) is 9.27.